The molecule has 0 aliphatic rings. The van der Waals surface area contributed by atoms with Crippen LogP contribution < -0.4 is 10.6 Å². The fraction of sp³-hybridized carbons (Fsp3) is 0.429. The highest BCUT2D eigenvalue weighted by atomic mass is 32.1. The van der Waals surface area contributed by atoms with Crippen molar-refractivity contribution in [2.75, 3.05) is 13.7 Å². The predicted molar refractivity (Wildman–Crippen MR) is 80.3 cm³/mol. The van der Waals surface area contributed by atoms with Crippen LogP contribution in [0.1, 0.15) is 27.4 Å². The maximum absolute atomic E-state index is 12.0. The van der Waals surface area contributed by atoms with E-state index in [1.54, 1.807) is 24.6 Å². The number of carbonyl (C=O) groups excluding carboxylic acids is 1. The lowest BCUT2D eigenvalue weighted by Gasteiger charge is -2.16. The number of urea groups is 1. The first-order valence-corrected chi connectivity index (χ1v) is 7.41. The van der Waals surface area contributed by atoms with E-state index >= 15 is 0 Å². The summed E-state index contributed by atoms with van der Waals surface area (Å²) < 4.78 is 10.7. The Bertz CT molecular complexity index is 594. The van der Waals surface area contributed by atoms with Gasteiger partial charge in [-0.3, -0.25) is 0 Å². The van der Waals surface area contributed by atoms with Crippen molar-refractivity contribution >= 4 is 17.4 Å². The lowest BCUT2D eigenvalue weighted by Crippen LogP contribution is -2.38. The van der Waals surface area contributed by atoms with E-state index in [-0.39, 0.29) is 12.1 Å². The third-order valence-corrected chi connectivity index (χ3v) is 3.75. The van der Waals surface area contributed by atoms with Crippen molar-refractivity contribution in [3.63, 3.8) is 0 Å². The van der Waals surface area contributed by atoms with Crippen LogP contribution in [0.5, 0.6) is 0 Å². The molecular formula is C14H19N3O3S. The van der Waals surface area contributed by atoms with E-state index in [9.17, 15) is 4.79 Å². The minimum Gasteiger partial charge on any atom is -0.464 e. The van der Waals surface area contributed by atoms with Gasteiger partial charge in [0.1, 0.15) is 17.6 Å². The van der Waals surface area contributed by atoms with Gasteiger partial charge >= 0.3 is 6.03 Å². The van der Waals surface area contributed by atoms with Crippen LogP contribution in [0.15, 0.2) is 22.7 Å². The van der Waals surface area contributed by atoms with Gasteiger partial charge in [-0.2, -0.15) is 0 Å². The highest BCUT2D eigenvalue weighted by Crippen LogP contribution is 2.16. The predicted octanol–water partition coefficient (Wildman–Crippen LogP) is 2.54. The Balaban J connectivity index is 1.89. The number of furan rings is 1. The number of hydrogen-bond acceptors (Lipinski definition) is 5. The molecule has 0 aliphatic heterocycles. The highest BCUT2D eigenvalue weighted by Gasteiger charge is 2.17. The van der Waals surface area contributed by atoms with Crippen molar-refractivity contribution < 1.29 is 13.9 Å². The third-order valence-electron chi connectivity index (χ3n) is 2.84. The van der Waals surface area contributed by atoms with Crippen molar-refractivity contribution in [2.24, 2.45) is 0 Å². The molecule has 7 heteroatoms. The van der Waals surface area contributed by atoms with Gasteiger partial charge in [0.05, 0.1) is 18.2 Å². The van der Waals surface area contributed by atoms with Gasteiger partial charge in [0.25, 0.3) is 0 Å². The van der Waals surface area contributed by atoms with Crippen LogP contribution in [0.3, 0.4) is 0 Å². The average Bonchev–Trinajstić information content (AvgIpc) is 3.05. The molecule has 0 saturated heterocycles. The van der Waals surface area contributed by atoms with Gasteiger partial charge in [-0.05, 0) is 26.0 Å². The molecule has 2 aromatic rings. The zero-order valence-corrected chi connectivity index (χ0v) is 13.1. The summed E-state index contributed by atoms with van der Waals surface area (Å²) in [6.07, 6.45) is 1.77. The van der Waals surface area contributed by atoms with Gasteiger partial charge in [0.2, 0.25) is 0 Å². The second-order valence-corrected chi connectivity index (χ2v) is 5.95. The van der Waals surface area contributed by atoms with E-state index in [0.29, 0.717) is 18.9 Å². The quantitative estimate of drug-likeness (QED) is 0.859. The molecule has 114 valence electrons. The molecule has 2 N–H and O–H groups in total. The van der Waals surface area contributed by atoms with E-state index in [4.69, 9.17) is 9.15 Å². The van der Waals surface area contributed by atoms with Gasteiger partial charge in [0, 0.05) is 18.2 Å². The summed E-state index contributed by atoms with van der Waals surface area (Å²) in [4.78, 5) is 17.1. The smallest absolute Gasteiger partial charge is 0.315 e. The number of nitrogens with one attached hydrogen (secondary N) is 2. The average molecular weight is 309 g/mol. The summed E-state index contributed by atoms with van der Waals surface area (Å²) >= 11 is 1.56. The minimum absolute atomic E-state index is 0.267. The van der Waals surface area contributed by atoms with E-state index in [0.717, 1.165) is 15.6 Å². The van der Waals surface area contributed by atoms with Crippen LogP contribution in [0.2, 0.25) is 0 Å². The minimum atomic E-state index is -0.313. The Morgan fingerprint density at radius 3 is 2.86 bits per heavy atom. The van der Waals surface area contributed by atoms with Gasteiger partial charge in [0.15, 0.2) is 0 Å². The topological polar surface area (TPSA) is 76.4 Å². The van der Waals surface area contributed by atoms with Crippen LogP contribution in [-0.2, 0) is 11.3 Å². The number of thiazole rings is 1. The summed E-state index contributed by atoms with van der Waals surface area (Å²) in [5, 5.41) is 6.62. The number of amides is 2. The zero-order valence-electron chi connectivity index (χ0n) is 12.3. The van der Waals surface area contributed by atoms with E-state index in [1.165, 1.54) is 0 Å². The van der Waals surface area contributed by atoms with Crippen LogP contribution in [0.25, 0.3) is 0 Å². The molecule has 21 heavy (non-hydrogen) atoms. The monoisotopic (exact) mass is 309 g/mol. The summed E-state index contributed by atoms with van der Waals surface area (Å²) in [5.74, 6) is 1.48. The number of ether oxygens (including phenoxy) is 1. The number of aromatic nitrogens is 1. The number of rotatable bonds is 6. The number of hydrogen-bond donors (Lipinski definition) is 2. The van der Waals surface area contributed by atoms with Gasteiger partial charge in [-0.25, -0.2) is 9.78 Å². The molecule has 0 unspecified atom stereocenters. The molecule has 1 atom stereocenters. The fourth-order valence-electron chi connectivity index (χ4n) is 1.87. The largest absolute Gasteiger partial charge is 0.464 e. The molecule has 2 amide bonds. The Morgan fingerprint density at radius 1 is 1.48 bits per heavy atom. The van der Waals surface area contributed by atoms with Gasteiger partial charge in [-0.15, -0.1) is 11.3 Å². The fourth-order valence-corrected chi connectivity index (χ4v) is 2.60. The Morgan fingerprint density at radius 2 is 2.29 bits per heavy atom. The maximum atomic E-state index is 12.0. The number of aryl methyl sites for hydroxylation is 2. The molecule has 0 spiro atoms. The van der Waals surface area contributed by atoms with E-state index in [2.05, 4.69) is 15.6 Å². The first kappa shape index (κ1) is 15.5. The zero-order chi connectivity index (χ0) is 15.2. The Labute approximate surface area is 127 Å². The van der Waals surface area contributed by atoms with Crippen molar-refractivity contribution in [3.05, 3.63) is 39.7 Å². The van der Waals surface area contributed by atoms with Crippen molar-refractivity contribution in [2.45, 2.75) is 26.4 Å². The van der Waals surface area contributed by atoms with Gasteiger partial charge in [-0.1, -0.05) is 0 Å². The maximum Gasteiger partial charge on any atom is 0.315 e. The molecule has 2 heterocycles. The standard InChI is InChI=1S/C14H19N3O3S/c1-9-4-5-13(20-9)12(8-19-3)17-14(18)16-7-11-6-15-10(2)21-11/h4-6,12H,7-8H2,1-3H3,(H2,16,17,18)/t12-/m0/s1. The van der Waals surface area contributed by atoms with Crippen LogP contribution in [0, 0.1) is 13.8 Å². The van der Waals surface area contributed by atoms with Crippen molar-refractivity contribution in [1.29, 1.82) is 0 Å². The Hall–Kier alpha value is -1.86. The lowest BCUT2D eigenvalue weighted by atomic mass is 10.2. The molecule has 0 fully saturated rings. The van der Waals surface area contributed by atoms with E-state index < -0.39 is 0 Å². The molecule has 0 bridgehead atoms. The molecule has 0 aliphatic carbocycles. The van der Waals surface area contributed by atoms with Gasteiger partial charge < -0.3 is 19.8 Å². The summed E-state index contributed by atoms with van der Waals surface area (Å²) in [7, 11) is 1.59. The number of methoxy groups -OCH3 is 1. The van der Waals surface area contributed by atoms with Crippen LogP contribution in [-0.4, -0.2) is 24.7 Å². The Kier molecular flexibility index (Phi) is 5.35. The molecule has 0 saturated carbocycles. The van der Waals surface area contributed by atoms with E-state index in [1.807, 2.05) is 26.0 Å². The first-order valence-electron chi connectivity index (χ1n) is 6.59. The molecule has 0 radical (unpaired) electrons. The lowest BCUT2D eigenvalue weighted by molar-refractivity contribution is 0.156. The molecule has 0 aromatic carbocycles. The van der Waals surface area contributed by atoms with Crippen molar-refractivity contribution in [1.82, 2.24) is 15.6 Å². The highest BCUT2D eigenvalue weighted by molar-refractivity contribution is 7.11. The normalized spacial score (nSPS) is 12.1. The SMILES string of the molecule is COC[C@H](NC(=O)NCc1cnc(C)s1)c1ccc(C)o1. The molecular weight excluding hydrogens is 290 g/mol. The number of carbonyl (C=O) groups is 1. The van der Waals surface area contributed by atoms with Crippen LogP contribution in [0.4, 0.5) is 4.79 Å². The third kappa shape index (κ3) is 4.57. The second kappa shape index (κ2) is 7.24. The summed E-state index contributed by atoms with van der Waals surface area (Å²) in [6, 6.07) is 3.12. The molecule has 2 aromatic heterocycles. The summed E-state index contributed by atoms with van der Waals surface area (Å²) in [5.41, 5.74) is 0. The molecule has 2 rings (SSSR count). The van der Waals surface area contributed by atoms with Crippen molar-refractivity contribution in [3.8, 4) is 0 Å². The summed E-state index contributed by atoms with van der Waals surface area (Å²) in [6.45, 7) is 4.59. The van der Waals surface area contributed by atoms with Crippen LogP contribution >= 0.6 is 11.3 Å². The molecule has 6 nitrogen and oxygen atoms in total. The first-order chi connectivity index (χ1) is 10.1. The number of nitrogens with zero attached hydrogens (tertiary/aromatic N) is 1. The second-order valence-electron chi connectivity index (χ2n) is 4.63.